The Labute approximate surface area is 238 Å². The Morgan fingerprint density at radius 1 is 0.895 bits per heavy atom. The summed E-state index contributed by atoms with van der Waals surface area (Å²) in [6.45, 7) is 31.6. The van der Waals surface area contributed by atoms with E-state index in [0.717, 1.165) is 31.7 Å². The second kappa shape index (κ2) is 16.2. The first-order valence-electron chi connectivity index (χ1n) is 14.9. The van der Waals surface area contributed by atoms with Crippen molar-refractivity contribution < 1.29 is 28.2 Å². The van der Waals surface area contributed by atoms with Crippen molar-refractivity contribution in [1.82, 2.24) is 0 Å². The van der Waals surface area contributed by atoms with Crippen molar-refractivity contribution in [3.63, 3.8) is 0 Å². The van der Waals surface area contributed by atoms with Gasteiger partial charge in [-0.3, -0.25) is 0 Å². The quantitative estimate of drug-likeness (QED) is 0.0641. The molecular formula is C29H62O6Si3. The first-order valence-corrected chi connectivity index (χ1v) is 24.1. The zero-order valence-corrected chi connectivity index (χ0v) is 30.1. The number of hydrogen-bond acceptors (Lipinski definition) is 6. The summed E-state index contributed by atoms with van der Waals surface area (Å²) in [6, 6.07) is 2.28. The lowest BCUT2D eigenvalue weighted by Crippen LogP contribution is -2.67. The van der Waals surface area contributed by atoms with Gasteiger partial charge in [0.15, 0.2) is 8.32 Å². The van der Waals surface area contributed by atoms with Crippen molar-refractivity contribution in [3.8, 4) is 0 Å². The number of carbonyl (C=O) groups excluding carboxylic acids is 1. The number of carbonyl (C=O) groups is 1. The average Bonchev–Trinajstić information content (AvgIpc) is 2.83. The van der Waals surface area contributed by atoms with Gasteiger partial charge in [0.2, 0.25) is 8.32 Å². The van der Waals surface area contributed by atoms with E-state index in [-0.39, 0.29) is 23.7 Å². The SMILES string of the molecule is C=C(C)C(=O)OCC(O)COCCC[Si](C)(C)C(CC)(CC)O[Si](C)(C)C(C)(CC)O[Si](C)(C)CCCC. The molecule has 38 heavy (non-hydrogen) atoms. The van der Waals surface area contributed by atoms with Crippen molar-refractivity contribution in [3.05, 3.63) is 12.2 Å². The predicted molar refractivity (Wildman–Crippen MR) is 168 cm³/mol. The third-order valence-electron chi connectivity index (χ3n) is 8.56. The third kappa shape index (κ3) is 11.3. The van der Waals surface area contributed by atoms with E-state index in [1.807, 2.05) is 0 Å². The van der Waals surface area contributed by atoms with Crippen molar-refractivity contribution in [1.29, 1.82) is 0 Å². The van der Waals surface area contributed by atoms with Gasteiger partial charge in [-0.1, -0.05) is 66.3 Å². The summed E-state index contributed by atoms with van der Waals surface area (Å²) < 4.78 is 25.2. The second-order valence-electron chi connectivity index (χ2n) is 13.0. The van der Waals surface area contributed by atoms with Gasteiger partial charge in [0.25, 0.3) is 0 Å². The first-order chi connectivity index (χ1) is 17.4. The molecule has 6 nitrogen and oxygen atoms in total. The van der Waals surface area contributed by atoms with E-state index in [9.17, 15) is 9.90 Å². The van der Waals surface area contributed by atoms with Gasteiger partial charge in [-0.05, 0) is 71.8 Å². The number of aliphatic hydroxyl groups excluding tert-OH is 1. The van der Waals surface area contributed by atoms with Crippen molar-refractivity contribution >= 4 is 30.7 Å². The summed E-state index contributed by atoms with van der Waals surface area (Å²) in [5.41, 5.74) is 0.321. The van der Waals surface area contributed by atoms with Gasteiger partial charge >= 0.3 is 5.97 Å². The van der Waals surface area contributed by atoms with Crippen LogP contribution in [0.3, 0.4) is 0 Å². The Hall–Kier alpha value is -0.299. The number of hydrogen-bond donors (Lipinski definition) is 1. The first kappa shape index (κ1) is 37.7. The van der Waals surface area contributed by atoms with Crippen LogP contribution < -0.4 is 0 Å². The fraction of sp³-hybridized carbons (Fsp3) is 0.897. The molecule has 2 atom stereocenters. The fourth-order valence-corrected chi connectivity index (χ4v) is 17.5. The summed E-state index contributed by atoms with van der Waals surface area (Å²) >= 11 is 0. The van der Waals surface area contributed by atoms with Crippen LogP contribution in [0.1, 0.15) is 80.1 Å². The molecule has 0 aliphatic carbocycles. The molecule has 0 saturated heterocycles. The summed E-state index contributed by atoms with van der Waals surface area (Å²) in [7, 11) is -5.88. The topological polar surface area (TPSA) is 74.2 Å². The Kier molecular flexibility index (Phi) is 16.1. The lowest BCUT2D eigenvalue weighted by molar-refractivity contribution is -0.143. The molecule has 0 aromatic heterocycles. The molecule has 0 bridgehead atoms. The van der Waals surface area contributed by atoms with Crippen LogP contribution >= 0.6 is 0 Å². The molecule has 0 rings (SSSR count). The van der Waals surface area contributed by atoms with Crippen LogP contribution in [0.25, 0.3) is 0 Å². The molecule has 2 unspecified atom stereocenters. The predicted octanol–water partition coefficient (Wildman–Crippen LogP) is 7.63. The molecule has 0 amide bonds. The lowest BCUT2D eigenvalue weighted by Gasteiger charge is -2.54. The fourth-order valence-electron chi connectivity index (χ4n) is 5.38. The van der Waals surface area contributed by atoms with Gasteiger partial charge in [0, 0.05) is 17.4 Å². The molecule has 9 heteroatoms. The van der Waals surface area contributed by atoms with E-state index in [2.05, 4.69) is 80.5 Å². The number of esters is 1. The number of ether oxygens (including phenoxy) is 2. The van der Waals surface area contributed by atoms with Crippen LogP contribution in [0, 0.1) is 0 Å². The highest BCUT2D eigenvalue weighted by Crippen LogP contribution is 2.43. The summed E-state index contributed by atoms with van der Waals surface area (Å²) in [6.07, 6.45) is 5.50. The van der Waals surface area contributed by atoms with Crippen LogP contribution in [0.15, 0.2) is 12.2 Å². The molecule has 0 spiro atoms. The van der Waals surface area contributed by atoms with Gasteiger partial charge in [-0.25, -0.2) is 4.79 Å². The number of aliphatic hydroxyl groups is 1. The maximum absolute atomic E-state index is 11.5. The van der Waals surface area contributed by atoms with Crippen LogP contribution in [0.5, 0.6) is 0 Å². The molecule has 0 aliphatic rings. The highest BCUT2D eigenvalue weighted by Gasteiger charge is 2.54. The molecule has 0 fully saturated rings. The highest BCUT2D eigenvalue weighted by atomic mass is 28.4. The zero-order valence-electron chi connectivity index (χ0n) is 27.1. The maximum atomic E-state index is 11.5. The van der Waals surface area contributed by atoms with E-state index < -0.39 is 36.8 Å². The van der Waals surface area contributed by atoms with Gasteiger partial charge in [-0.15, -0.1) is 0 Å². The van der Waals surface area contributed by atoms with Gasteiger partial charge in [0.1, 0.15) is 12.7 Å². The normalized spacial score (nSPS) is 15.7. The molecule has 226 valence electrons. The Balaban J connectivity index is 5.30. The van der Waals surface area contributed by atoms with Gasteiger partial charge < -0.3 is 23.4 Å². The smallest absolute Gasteiger partial charge is 0.333 e. The van der Waals surface area contributed by atoms with Crippen molar-refractivity contribution in [2.24, 2.45) is 0 Å². The van der Waals surface area contributed by atoms with E-state index >= 15 is 0 Å². The van der Waals surface area contributed by atoms with Crippen LogP contribution in [-0.2, 0) is 23.1 Å². The second-order valence-corrected chi connectivity index (χ2v) is 26.6. The van der Waals surface area contributed by atoms with E-state index in [0.29, 0.717) is 12.2 Å². The Morgan fingerprint density at radius 3 is 1.95 bits per heavy atom. The monoisotopic (exact) mass is 590 g/mol. The standard InChI is InChI=1S/C29H62O6Si3/c1-14-18-22-37(10,11)34-28(7,15-2)38(12,13)35-29(16-3,17-4)36(8,9)21-19-20-32-23-26(30)24-33-27(31)25(5)6/h26,30H,5,14-24H2,1-4,6-13H3. The van der Waals surface area contributed by atoms with Crippen LogP contribution in [0.4, 0.5) is 0 Å². The minimum absolute atomic E-state index is 0.0787. The third-order valence-corrected chi connectivity index (χ3v) is 20.3. The average molecular weight is 591 g/mol. The van der Waals surface area contributed by atoms with Gasteiger partial charge in [0.05, 0.1) is 19.9 Å². The zero-order chi connectivity index (χ0) is 29.8. The van der Waals surface area contributed by atoms with E-state index in [1.165, 1.54) is 18.9 Å². The number of rotatable bonds is 21. The Morgan fingerprint density at radius 2 is 1.47 bits per heavy atom. The molecule has 1 N–H and O–H groups in total. The molecule has 0 radical (unpaired) electrons. The van der Waals surface area contributed by atoms with Crippen molar-refractivity contribution in [2.45, 2.75) is 148 Å². The summed E-state index contributed by atoms with van der Waals surface area (Å²) in [5.74, 6) is -0.491. The Bertz CT molecular complexity index is 721. The molecule has 0 aliphatic heterocycles. The lowest BCUT2D eigenvalue weighted by atomic mass is 10.2. The van der Waals surface area contributed by atoms with E-state index in [1.54, 1.807) is 6.92 Å². The maximum Gasteiger partial charge on any atom is 0.333 e. The molecule has 0 saturated carbocycles. The molecule has 0 heterocycles. The van der Waals surface area contributed by atoms with Crippen molar-refractivity contribution in [2.75, 3.05) is 19.8 Å². The minimum atomic E-state index is -2.25. The van der Waals surface area contributed by atoms with Crippen LogP contribution in [0.2, 0.25) is 51.4 Å². The highest BCUT2D eigenvalue weighted by molar-refractivity contribution is 6.83. The largest absolute Gasteiger partial charge is 0.460 e. The molecule has 0 aromatic carbocycles. The number of unbranched alkanes of at least 4 members (excludes halogenated alkanes) is 1. The molecule has 0 aromatic rings. The van der Waals surface area contributed by atoms with Gasteiger partial charge in [-0.2, -0.15) is 0 Å². The van der Waals surface area contributed by atoms with Crippen LogP contribution in [-0.4, -0.2) is 72.2 Å². The molecular weight excluding hydrogens is 529 g/mol. The van der Waals surface area contributed by atoms with E-state index in [4.69, 9.17) is 18.3 Å². The summed E-state index contributed by atoms with van der Waals surface area (Å²) in [5, 5.41) is 9.72. The minimum Gasteiger partial charge on any atom is -0.460 e. The summed E-state index contributed by atoms with van der Waals surface area (Å²) in [4.78, 5) is 11.5.